The van der Waals surface area contributed by atoms with Gasteiger partial charge in [-0.3, -0.25) is 0 Å². The van der Waals surface area contributed by atoms with Crippen molar-refractivity contribution in [2.75, 3.05) is 66.7 Å². The zero-order chi connectivity index (χ0) is 29.5. The number of hydrogen-bond donors (Lipinski definition) is 4. The molecular formula is C30H32ClN7O4. The average molecular weight is 590 g/mol. The van der Waals surface area contributed by atoms with Crippen molar-refractivity contribution in [2.24, 2.45) is 0 Å². The van der Waals surface area contributed by atoms with Crippen LogP contribution in [0.1, 0.15) is 5.56 Å². The summed E-state index contributed by atoms with van der Waals surface area (Å²) in [6, 6.07) is 18.2. The molecule has 0 spiro atoms. The molecule has 4 aromatic rings. The van der Waals surface area contributed by atoms with Gasteiger partial charge in [-0.15, -0.1) is 0 Å². The molecule has 0 radical (unpaired) electrons. The van der Waals surface area contributed by atoms with E-state index in [4.69, 9.17) is 25.8 Å². The monoisotopic (exact) mass is 589 g/mol. The Bertz CT molecular complexity index is 1550. The van der Waals surface area contributed by atoms with Gasteiger partial charge in [0, 0.05) is 30.5 Å². The highest BCUT2D eigenvalue weighted by atomic mass is 35.5. The van der Waals surface area contributed by atoms with Crippen LogP contribution in [0.3, 0.4) is 0 Å². The van der Waals surface area contributed by atoms with Crippen LogP contribution in [0.15, 0.2) is 66.9 Å². The second-order valence-electron chi connectivity index (χ2n) is 9.46. The minimum Gasteiger partial charge on any atom is -0.495 e. The standard InChI is InChI=1S/C30H32ClN7O4/c1-19-7-9-20(10-8-19)33-30(39)34-21-11-12-23(26(17-21)41-3)36-29-32-18-22(31)28(37-29)35-24-5-4-6-25(40-2)27(24)38-13-15-42-16-14-38/h4-12,17-18H,13-16H2,1-3H3,(H2,33,34,39)(H2,32,35,36,37). The molecule has 2 amide bonds. The number of aryl methyl sites for hydroxylation is 1. The van der Waals surface area contributed by atoms with Gasteiger partial charge >= 0.3 is 6.03 Å². The molecule has 1 aliphatic heterocycles. The number of hydrogen-bond acceptors (Lipinski definition) is 9. The van der Waals surface area contributed by atoms with Crippen LogP contribution in [0.25, 0.3) is 0 Å². The van der Waals surface area contributed by atoms with Gasteiger partial charge in [0.05, 0.1) is 45.0 Å². The molecule has 0 bridgehead atoms. The summed E-state index contributed by atoms with van der Waals surface area (Å²) in [6.07, 6.45) is 1.52. The Morgan fingerprint density at radius 2 is 1.62 bits per heavy atom. The van der Waals surface area contributed by atoms with Gasteiger partial charge in [-0.2, -0.15) is 4.98 Å². The average Bonchev–Trinajstić information content (AvgIpc) is 3.01. The third kappa shape index (κ3) is 6.93. The first-order valence-electron chi connectivity index (χ1n) is 13.3. The van der Waals surface area contributed by atoms with E-state index < -0.39 is 0 Å². The lowest BCUT2D eigenvalue weighted by molar-refractivity contribution is 0.122. The molecule has 2 heterocycles. The number of para-hydroxylation sites is 1. The smallest absolute Gasteiger partial charge is 0.323 e. The fourth-order valence-electron chi connectivity index (χ4n) is 4.47. The van der Waals surface area contributed by atoms with Crippen molar-refractivity contribution in [3.8, 4) is 11.5 Å². The number of aromatic nitrogens is 2. The van der Waals surface area contributed by atoms with Gasteiger partial charge < -0.3 is 40.4 Å². The quantitative estimate of drug-likeness (QED) is 0.175. The van der Waals surface area contributed by atoms with E-state index >= 15 is 0 Å². The normalized spacial score (nSPS) is 12.8. The van der Waals surface area contributed by atoms with Crippen LogP contribution in [0, 0.1) is 6.92 Å². The van der Waals surface area contributed by atoms with E-state index in [0.717, 1.165) is 35.8 Å². The number of nitrogens with one attached hydrogen (secondary N) is 4. The number of benzene rings is 3. The van der Waals surface area contributed by atoms with E-state index in [0.29, 0.717) is 52.8 Å². The number of carbonyl (C=O) groups is 1. The number of carbonyl (C=O) groups excluding carboxylic acids is 1. The molecule has 4 N–H and O–H groups in total. The van der Waals surface area contributed by atoms with Gasteiger partial charge in [-0.05, 0) is 43.3 Å². The molecule has 42 heavy (non-hydrogen) atoms. The Kier molecular flexibility index (Phi) is 9.10. The van der Waals surface area contributed by atoms with Gasteiger partial charge in [0.1, 0.15) is 22.2 Å². The zero-order valence-electron chi connectivity index (χ0n) is 23.5. The largest absolute Gasteiger partial charge is 0.495 e. The molecule has 5 rings (SSSR count). The first-order chi connectivity index (χ1) is 20.4. The predicted molar refractivity (Wildman–Crippen MR) is 166 cm³/mol. The fourth-order valence-corrected chi connectivity index (χ4v) is 4.60. The van der Waals surface area contributed by atoms with E-state index in [9.17, 15) is 4.79 Å². The van der Waals surface area contributed by atoms with Gasteiger partial charge in [-0.1, -0.05) is 35.4 Å². The number of amides is 2. The van der Waals surface area contributed by atoms with Crippen LogP contribution in [0.4, 0.5) is 45.0 Å². The van der Waals surface area contributed by atoms with Crippen molar-refractivity contribution in [2.45, 2.75) is 6.92 Å². The lowest BCUT2D eigenvalue weighted by atomic mass is 10.2. The van der Waals surface area contributed by atoms with E-state index in [1.165, 1.54) is 6.20 Å². The first kappa shape index (κ1) is 28.8. The summed E-state index contributed by atoms with van der Waals surface area (Å²) in [6.45, 7) is 4.72. The van der Waals surface area contributed by atoms with Crippen LogP contribution in [-0.2, 0) is 4.74 Å². The number of methoxy groups -OCH3 is 2. The summed E-state index contributed by atoms with van der Waals surface area (Å²) in [5.41, 5.74) is 4.65. The SMILES string of the molecule is COc1cc(NC(=O)Nc2ccc(C)cc2)ccc1Nc1ncc(Cl)c(Nc2cccc(OC)c2N2CCOCC2)n1. The molecule has 1 saturated heterocycles. The van der Waals surface area contributed by atoms with Gasteiger partial charge in [0.25, 0.3) is 0 Å². The van der Waals surface area contributed by atoms with Crippen molar-refractivity contribution < 1.29 is 19.0 Å². The van der Waals surface area contributed by atoms with E-state index in [1.807, 2.05) is 49.4 Å². The van der Waals surface area contributed by atoms with E-state index in [-0.39, 0.29) is 6.03 Å². The highest BCUT2D eigenvalue weighted by molar-refractivity contribution is 6.33. The van der Waals surface area contributed by atoms with E-state index in [1.54, 1.807) is 32.4 Å². The second-order valence-corrected chi connectivity index (χ2v) is 9.86. The molecule has 0 saturated carbocycles. The maximum atomic E-state index is 12.5. The first-order valence-corrected chi connectivity index (χ1v) is 13.7. The topological polar surface area (TPSA) is 122 Å². The predicted octanol–water partition coefficient (Wildman–Crippen LogP) is 6.42. The summed E-state index contributed by atoms with van der Waals surface area (Å²) in [7, 11) is 3.19. The molecule has 218 valence electrons. The van der Waals surface area contributed by atoms with Crippen LogP contribution in [0.5, 0.6) is 11.5 Å². The highest BCUT2D eigenvalue weighted by Crippen LogP contribution is 2.39. The number of urea groups is 1. The summed E-state index contributed by atoms with van der Waals surface area (Å²) in [5, 5.41) is 12.5. The molecule has 0 unspecified atom stereocenters. The minimum absolute atomic E-state index is 0.300. The summed E-state index contributed by atoms with van der Waals surface area (Å²) in [5.74, 6) is 1.94. The number of nitrogens with zero attached hydrogens (tertiary/aromatic N) is 3. The third-order valence-corrected chi connectivity index (χ3v) is 6.84. The molecule has 3 aromatic carbocycles. The molecular weight excluding hydrogens is 558 g/mol. The Balaban J connectivity index is 1.32. The Morgan fingerprint density at radius 3 is 2.36 bits per heavy atom. The van der Waals surface area contributed by atoms with Crippen LogP contribution >= 0.6 is 11.6 Å². The molecule has 12 heteroatoms. The summed E-state index contributed by atoms with van der Waals surface area (Å²) < 4.78 is 16.8. The van der Waals surface area contributed by atoms with Crippen molar-refractivity contribution in [1.82, 2.24) is 9.97 Å². The molecule has 0 atom stereocenters. The van der Waals surface area contributed by atoms with Crippen molar-refractivity contribution in [3.63, 3.8) is 0 Å². The number of rotatable bonds is 9. The van der Waals surface area contributed by atoms with Gasteiger partial charge in [0.15, 0.2) is 5.82 Å². The Hall–Kier alpha value is -4.74. The second kappa shape index (κ2) is 13.3. The minimum atomic E-state index is -0.368. The third-order valence-electron chi connectivity index (χ3n) is 6.56. The highest BCUT2D eigenvalue weighted by Gasteiger charge is 2.20. The van der Waals surface area contributed by atoms with Crippen molar-refractivity contribution in [3.05, 3.63) is 77.4 Å². The molecule has 11 nitrogen and oxygen atoms in total. The fraction of sp³-hybridized carbons (Fsp3) is 0.233. The van der Waals surface area contributed by atoms with Gasteiger partial charge in [0.2, 0.25) is 5.95 Å². The van der Waals surface area contributed by atoms with Crippen molar-refractivity contribution in [1.29, 1.82) is 0 Å². The Morgan fingerprint density at radius 1 is 0.905 bits per heavy atom. The zero-order valence-corrected chi connectivity index (χ0v) is 24.3. The summed E-state index contributed by atoms with van der Waals surface area (Å²) in [4.78, 5) is 23.7. The molecule has 1 fully saturated rings. The van der Waals surface area contributed by atoms with Gasteiger partial charge in [-0.25, -0.2) is 9.78 Å². The Labute approximate surface area is 249 Å². The maximum Gasteiger partial charge on any atom is 0.323 e. The van der Waals surface area contributed by atoms with Crippen molar-refractivity contribution >= 4 is 57.8 Å². The lowest BCUT2D eigenvalue weighted by Crippen LogP contribution is -2.36. The van der Waals surface area contributed by atoms with Crippen LogP contribution in [-0.4, -0.2) is 56.5 Å². The lowest BCUT2D eigenvalue weighted by Gasteiger charge is -2.31. The van der Waals surface area contributed by atoms with Crippen LogP contribution in [0.2, 0.25) is 5.02 Å². The summed E-state index contributed by atoms with van der Waals surface area (Å²) >= 11 is 6.50. The molecule has 0 aliphatic carbocycles. The van der Waals surface area contributed by atoms with Crippen LogP contribution < -0.4 is 35.6 Å². The number of anilines is 7. The molecule has 1 aromatic heterocycles. The number of halogens is 1. The molecule has 1 aliphatic rings. The number of ether oxygens (including phenoxy) is 3. The van der Waals surface area contributed by atoms with E-state index in [2.05, 4.69) is 36.1 Å². The maximum absolute atomic E-state index is 12.5. The number of morpholine rings is 1.